The maximum Gasteiger partial charge on any atom is 0.322 e. The topological polar surface area (TPSA) is 41.6 Å². The van der Waals surface area contributed by atoms with Crippen molar-refractivity contribution in [3.63, 3.8) is 0 Å². The smallest absolute Gasteiger partial charge is 0.322 e. The number of piperidine rings is 1. The van der Waals surface area contributed by atoms with Crippen molar-refractivity contribution >= 4 is 5.97 Å². The molecule has 0 bridgehead atoms. The van der Waals surface area contributed by atoms with Crippen molar-refractivity contribution in [3.8, 4) is 0 Å². The first kappa shape index (κ1) is 13.8. The van der Waals surface area contributed by atoms with E-state index >= 15 is 0 Å². The molecule has 0 amide bonds. The second-order valence-corrected chi connectivity index (χ2v) is 5.83. The Bertz CT molecular complexity index is 271. The highest BCUT2D eigenvalue weighted by Crippen LogP contribution is 2.21. The van der Waals surface area contributed by atoms with Gasteiger partial charge in [-0.1, -0.05) is 6.92 Å². The van der Waals surface area contributed by atoms with Crippen molar-refractivity contribution in [2.24, 2.45) is 5.92 Å². The predicted octanol–water partition coefficient (Wildman–Crippen LogP) is 1.40. The highest BCUT2D eigenvalue weighted by atomic mass is 16.5. The molecule has 104 valence electrons. The Morgan fingerprint density at radius 1 is 1.33 bits per heavy atom. The molecule has 18 heavy (non-hydrogen) atoms. The van der Waals surface area contributed by atoms with Crippen molar-refractivity contribution in [1.29, 1.82) is 0 Å². The first-order chi connectivity index (χ1) is 8.69. The Morgan fingerprint density at radius 3 is 2.56 bits per heavy atom. The molecule has 4 heteroatoms. The standard InChI is InChI=1S/C14H26N2O2/c1-11-5-8-16(9-6-11)10-7-13(14(17)18-2)15-12-3-4-12/h11-13,15H,3-10H2,1-2H3. The molecule has 1 atom stereocenters. The van der Waals surface area contributed by atoms with Crippen LogP contribution in [0.5, 0.6) is 0 Å². The van der Waals surface area contributed by atoms with E-state index < -0.39 is 0 Å². The number of nitrogens with zero attached hydrogens (tertiary/aromatic N) is 1. The third kappa shape index (κ3) is 4.25. The van der Waals surface area contributed by atoms with E-state index in [0.717, 1.165) is 18.9 Å². The molecular weight excluding hydrogens is 228 g/mol. The number of nitrogens with one attached hydrogen (secondary N) is 1. The van der Waals surface area contributed by atoms with Gasteiger partial charge in [0, 0.05) is 12.6 Å². The third-order valence-electron chi connectivity index (χ3n) is 4.11. The molecule has 0 aromatic heterocycles. The van der Waals surface area contributed by atoms with Gasteiger partial charge < -0.3 is 15.0 Å². The maximum absolute atomic E-state index is 11.7. The molecule has 2 aliphatic rings. The largest absolute Gasteiger partial charge is 0.468 e. The quantitative estimate of drug-likeness (QED) is 0.728. The van der Waals surface area contributed by atoms with Crippen LogP contribution in [0.15, 0.2) is 0 Å². The summed E-state index contributed by atoms with van der Waals surface area (Å²) in [6.07, 6.45) is 5.86. The fourth-order valence-corrected chi connectivity index (χ4v) is 2.54. The van der Waals surface area contributed by atoms with Gasteiger partial charge in [-0.15, -0.1) is 0 Å². The minimum atomic E-state index is -0.109. The molecule has 2 fully saturated rings. The molecule has 0 aromatic carbocycles. The number of rotatable bonds is 6. The van der Waals surface area contributed by atoms with E-state index in [1.165, 1.54) is 45.9 Å². The second kappa shape index (κ2) is 6.53. The average molecular weight is 254 g/mol. The Morgan fingerprint density at radius 2 is 2.00 bits per heavy atom. The molecule has 1 aliphatic heterocycles. The zero-order chi connectivity index (χ0) is 13.0. The summed E-state index contributed by atoms with van der Waals surface area (Å²) in [4.78, 5) is 14.2. The summed E-state index contributed by atoms with van der Waals surface area (Å²) in [5, 5.41) is 3.39. The molecule has 4 nitrogen and oxygen atoms in total. The molecule has 0 spiro atoms. The summed E-state index contributed by atoms with van der Waals surface area (Å²) in [5.74, 6) is 0.759. The van der Waals surface area contributed by atoms with Gasteiger partial charge in [-0.2, -0.15) is 0 Å². The summed E-state index contributed by atoms with van der Waals surface area (Å²) in [5.41, 5.74) is 0. The van der Waals surface area contributed by atoms with Gasteiger partial charge in [0.1, 0.15) is 6.04 Å². The van der Waals surface area contributed by atoms with Gasteiger partial charge in [0.05, 0.1) is 7.11 Å². The van der Waals surface area contributed by atoms with Crippen molar-refractivity contribution < 1.29 is 9.53 Å². The number of esters is 1. The Balaban J connectivity index is 1.72. The van der Waals surface area contributed by atoms with Gasteiger partial charge in [-0.3, -0.25) is 4.79 Å². The van der Waals surface area contributed by atoms with E-state index in [1.807, 2.05) is 0 Å². The fraction of sp³-hybridized carbons (Fsp3) is 0.929. The fourth-order valence-electron chi connectivity index (χ4n) is 2.54. The van der Waals surface area contributed by atoms with E-state index in [-0.39, 0.29) is 12.0 Å². The number of hydrogen-bond donors (Lipinski definition) is 1. The lowest BCUT2D eigenvalue weighted by molar-refractivity contribution is -0.143. The molecule has 0 aromatic rings. The molecule has 2 rings (SSSR count). The number of carbonyl (C=O) groups excluding carboxylic acids is 1. The van der Waals surface area contributed by atoms with Gasteiger partial charge in [0.15, 0.2) is 0 Å². The van der Waals surface area contributed by atoms with Crippen LogP contribution in [0.4, 0.5) is 0 Å². The molecular formula is C14H26N2O2. The highest BCUT2D eigenvalue weighted by Gasteiger charge is 2.29. The van der Waals surface area contributed by atoms with Crippen molar-refractivity contribution in [2.75, 3.05) is 26.7 Å². The molecule has 1 N–H and O–H groups in total. The molecule has 1 aliphatic carbocycles. The van der Waals surface area contributed by atoms with Gasteiger partial charge >= 0.3 is 5.97 Å². The van der Waals surface area contributed by atoms with Crippen molar-refractivity contribution in [2.45, 2.75) is 51.1 Å². The summed E-state index contributed by atoms with van der Waals surface area (Å²) in [6.45, 7) is 5.69. The third-order valence-corrected chi connectivity index (χ3v) is 4.11. The first-order valence-corrected chi connectivity index (χ1v) is 7.25. The molecule has 1 unspecified atom stereocenters. The van der Waals surface area contributed by atoms with Gasteiger partial charge in [-0.25, -0.2) is 0 Å². The summed E-state index contributed by atoms with van der Waals surface area (Å²) in [6, 6.07) is 0.442. The molecule has 1 saturated heterocycles. The van der Waals surface area contributed by atoms with Crippen LogP contribution in [0.1, 0.15) is 39.0 Å². The summed E-state index contributed by atoms with van der Waals surface area (Å²) in [7, 11) is 1.48. The van der Waals surface area contributed by atoms with Crippen LogP contribution < -0.4 is 5.32 Å². The number of likely N-dealkylation sites (tertiary alicyclic amines) is 1. The lowest BCUT2D eigenvalue weighted by Crippen LogP contribution is -2.43. The average Bonchev–Trinajstić information content (AvgIpc) is 3.19. The zero-order valence-corrected chi connectivity index (χ0v) is 11.7. The summed E-state index contributed by atoms with van der Waals surface area (Å²) >= 11 is 0. The van der Waals surface area contributed by atoms with Crippen LogP contribution in [0, 0.1) is 5.92 Å². The summed E-state index contributed by atoms with van der Waals surface area (Å²) < 4.78 is 4.88. The van der Waals surface area contributed by atoms with Crippen LogP contribution in [0.25, 0.3) is 0 Å². The van der Waals surface area contributed by atoms with Crippen molar-refractivity contribution in [1.82, 2.24) is 10.2 Å². The van der Waals surface area contributed by atoms with Gasteiger partial charge in [-0.05, 0) is 51.1 Å². The molecule has 1 saturated carbocycles. The number of hydrogen-bond acceptors (Lipinski definition) is 4. The minimum absolute atomic E-state index is 0.104. The first-order valence-electron chi connectivity index (χ1n) is 7.25. The van der Waals surface area contributed by atoms with Crippen LogP contribution in [0.2, 0.25) is 0 Å². The second-order valence-electron chi connectivity index (χ2n) is 5.83. The molecule has 0 radical (unpaired) electrons. The lowest BCUT2D eigenvalue weighted by atomic mass is 9.99. The predicted molar refractivity (Wildman–Crippen MR) is 71.4 cm³/mol. The zero-order valence-electron chi connectivity index (χ0n) is 11.7. The Kier molecular flexibility index (Phi) is 5.01. The number of ether oxygens (including phenoxy) is 1. The maximum atomic E-state index is 11.7. The van der Waals surface area contributed by atoms with Gasteiger partial charge in [0.25, 0.3) is 0 Å². The van der Waals surface area contributed by atoms with E-state index in [0.29, 0.717) is 6.04 Å². The van der Waals surface area contributed by atoms with Crippen LogP contribution in [-0.2, 0) is 9.53 Å². The van der Waals surface area contributed by atoms with E-state index in [9.17, 15) is 4.79 Å². The number of carbonyl (C=O) groups is 1. The minimum Gasteiger partial charge on any atom is -0.468 e. The lowest BCUT2D eigenvalue weighted by Gasteiger charge is -2.31. The van der Waals surface area contributed by atoms with E-state index in [1.54, 1.807) is 0 Å². The van der Waals surface area contributed by atoms with Gasteiger partial charge in [0.2, 0.25) is 0 Å². The SMILES string of the molecule is COC(=O)C(CCN1CCC(C)CC1)NC1CC1. The number of methoxy groups -OCH3 is 1. The van der Waals surface area contributed by atoms with Crippen molar-refractivity contribution in [3.05, 3.63) is 0 Å². The van der Waals surface area contributed by atoms with E-state index in [4.69, 9.17) is 4.74 Å². The molecule has 1 heterocycles. The van der Waals surface area contributed by atoms with Crippen LogP contribution in [0.3, 0.4) is 0 Å². The highest BCUT2D eigenvalue weighted by molar-refractivity contribution is 5.75. The Labute approximate surface area is 110 Å². The van der Waals surface area contributed by atoms with E-state index in [2.05, 4.69) is 17.1 Å². The monoisotopic (exact) mass is 254 g/mol. The Hall–Kier alpha value is -0.610. The normalized spacial score (nSPS) is 23.9. The van der Waals surface area contributed by atoms with Crippen LogP contribution in [-0.4, -0.2) is 49.7 Å². The van der Waals surface area contributed by atoms with Crippen LogP contribution >= 0.6 is 0 Å².